The van der Waals surface area contributed by atoms with Gasteiger partial charge < -0.3 is 10.2 Å². The third kappa shape index (κ3) is 2.79. The molecule has 2 rings (SSSR count). The number of carbonyl (C=O) groups is 1. The molecule has 2 saturated heterocycles. The smallest absolute Gasteiger partial charge is 0.134 e. The van der Waals surface area contributed by atoms with E-state index in [0.717, 1.165) is 38.3 Å². The van der Waals surface area contributed by atoms with Crippen LogP contribution in [0.15, 0.2) is 0 Å². The summed E-state index contributed by atoms with van der Waals surface area (Å²) < 4.78 is 0. The van der Waals surface area contributed by atoms with Crippen LogP contribution in [0.1, 0.15) is 25.7 Å². The maximum atomic E-state index is 11.2. The third-order valence-electron chi connectivity index (χ3n) is 3.32. The second-order valence-corrected chi connectivity index (χ2v) is 4.55. The van der Waals surface area contributed by atoms with Gasteiger partial charge in [0.15, 0.2) is 0 Å². The zero-order valence-corrected chi connectivity index (χ0v) is 8.80. The van der Waals surface area contributed by atoms with Gasteiger partial charge in [0.25, 0.3) is 0 Å². The summed E-state index contributed by atoms with van der Waals surface area (Å²) in [4.78, 5) is 13.7. The Hall–Kier alpha value is -0.410. The number of nitrogens with one attached hydrogen (secondary N) is 1. The van der Waals surface area contributed by atoms with Crippen LogP contribution in [-0.4, -0.2) is 43.4 Å². The Balaban J connectivity index is 1.76. The van der Waals surface area contributed by atoms with Crippen molar-refractivity contribution in [2.75, 3.05) is 32.7 Å². The number of hydrogen-bond donors (Lipinski definition) is 1. The van der Waals surface area contributed by atoms with E-state index < -0.39 is 0 Å². The fourth-order valence-corrected chi connectivity index (χ4v) is 2.44. The first-order valence-electron chi connectivity index (χ1n) is 5.79. The molecule has 1 N–H and O–H groups in total. The summed E-state index contributed by atoms with van der Waals surface area (Å²) in [5.41, 5.74) is 0. The average Bonchev–Trinajstić information content (AvgIpc) is 2.58. The van der Waals surface area contributed by atoms with Crippen LogP contribution in [0, 0.1) is 5.92 Å². The quantitative estimate of drug-likeness (QED) is 0.704. The van der Waals surface area contributed by atoms with Gasteiger partial charge in [-0.2, -0.15) is 0 Å². The highest BCUT2D eigenvalue weighted by Gasteiger charge is 2.20. The fourth-order valence-electron chi connectivity index (χ4n) is 2.44. The Morgan fingerprint density at radius 2 is 2.29 bits per heavy atom. The zero-order chi connectivity index (χ0) is 9.80. The molecule has 0 aliphatic carbocycles. The molecule has 0 saturated carbocycles. The Morgan fingerprint density at radius 3 is 3.07 bits per heavy atom. The summed E-state index contributed by atoms with van der Waals surface area (Å²) >= 11 is 0. The van der Waals surface area contributed by atoms with Crippen molar-refractivity contribution >= 4 is 5.78 Å². The minimum absolute atomic E-state index is 0.456. The van der Waals surface area contributed by atoms with E-state index in [1.165, 1.54) is 26.1 Å². The van der Waals surface area contributed by atoms with Gasteiger partial charge >= 0.3 is 0 Å². The molecule has 2 aliphatic rings. The first kappa shape index (κ1) is 10.1. The number of ketones is 1. The number of likely N-dealkylation sites (tertiary alicyclic amines) is 1. The molecule has 2 aliphatic heterocycles. The van der Waals surface area contributed by atoms with Crippen molar-refractivity contribution in [1.29, 1.82) is 0 Å². The first-order chi connectivity index (χ1) is 6.84. The second-order valence-electron chi connectivity index (χ2n) is 4.55. The number of Topliss-reactive ketones (excluding diaryl/α,β-unsaturated/α-hetero) is 1. The summed E-state index contributed by atoms with van der Waals surface area (Å²) in [6.45, 7) is 5.67. The van der Waals surface area contributed by atoms with Gasteiger partial charge in [-0.3, -0.25) is 4.79 Å². The van der Waals surface area contributed by atoms with Gasteiger partial charge in [0, 0.05) is 25.9 Å². The van der Waals surface area contributed by atoms with Crippen molar-refractivity contribution in [2.45, 2.75) is 25.7 Å². The summed E-state index contributed by atoms with van der Waals surface area (Å²) in [5.74, 6) is 1.28. The molecular weight excluding hydrogens is 176 g/mol. The predicted molar refractivity (Wildman–Crippen MR) is 56.3 cm³/mol. The largest absolute Gasteiger partial charge is 0.316 e. The molecule has 0 bridgehead atoms. The summed E-state index contributed by atoms with van der Waals surface area (Å²) in [6.07, 6.45) is 3.96. The lowest BCUT2D eigenvalue weighted by atomic mass is 10.1. The van der Waals surface area contributed by atoms with Gasteiger partial charge in [-0.25, -0.2) is 0 Å². The Labute approximate surface area is 85.8 Å². The molecular formula is C11H20N2O. The molecule has 1 atom stereocenters. The predicted octanol–water partition coefficient (Wildman–Crippen LogP) is 0.651. The monoisotopic (exact) mass is 196 g/mol. The third-order valence-corrected chi connectivity index (χ3v) is 3.32. The van der Waals surface area contributed by atoms with Crippen LogP contribution in [0.25, 0.3) is 0 Å². The van der Waals surface area contributed by atoms with E-state index in [-0.39, 0.29) is 0 Å². The first-order valence-corrected chi connectivity index (χ1v) is 5.79. The highest BCUT2D eigenvalue weighted by atomic mass is 16.1. The number of nitrogens with zero attached hydrogens (tertiary/aromatic N) is 1. The molecule has 0 spiro atoms. The van der Waals surface area contributed by atoms with Gasteiger partial charge in [-0.05, 0) is 38.4 Å². The zero-order valence-electron chi connectivity index (χ0n) is 8.80. The fraction of sp³-hybridized carbons (Fsp3) is 0.909. The molecule has 0 amide bonds. The van der Waals surface area contributed by atoms with E-state index in [1.807, 2.05) is 0 Å². The average molecular weight is 196 g/mol. The van der Waals surface area contributed by atoms with E-state index in [1.54, 1.807) is 0 Å². The van der Waals surface area contributed by atoms with Crippen molar-refractivity contribution in [2.24, 2.45) is 5.92 Å². The van der Waals surface area contributed by atoms with Crippen LogP contribution in [0.3, 0.4) is 0 Å². The second kappa shape index (κ2) is 4.89. The van der Waals surface area contributed by atoms with Crippen LogP contribution in [0.5, 0.6) is 0 Å². The maximum absolute atomic E-state index is 11.2. The molecule has 0 aromatic heterocycles. The van der Waals surface area contributed by atoms with Crippen molar-refractivity contribution in [3.8, 4) is 0 Å². The highest BCUT2D eigenvalue weighted by molar-refractivity contribution is 5.78. The molecule has 1 unspecified atom stereocenters. The lowest BCUT2D eigenvalue weighted by molar-refractivity contribution is -0.118. The van der Waals surface area contributed by atoms with Gasteiger partial charge in [-0.1, -0.05) is 0 Å². The van der Waals surface area contributed by atoms with Crippen molar-refractivity contribution in [1.82, 2.24) is 10.2 Å². The van der Waals surface area contributed by atoms with Crippen LogP contribution in [0.2, 0.25) is 0 Å². The number of rotatable bonds is 2. The van der Waals surface area contributed by atoms with Crippen molar-refractivity contribution in [3.05, 3.63) is 0 Å². The lowest BCUT2D eigenvalue weighted by Crippen LogP contribution is -2.31. The summed E-state index contributed by atoms with van der Waals surface area (Å²) in [7, 11) is 0. The van der Waals surface area contributed by atoms with E-state index in [4.69, 9.17) is 0 Å². The van der Waals surface area contributed by atoms with Crippen LogP contribution in [0.4, 0.5) is 0 Å². The minimum Gasteiger partial charge on any atom is -0.316 e. The van der Waals surface area contributed by atoms with E-state index in [9.17, 15) is 4.79 Å². The minimum atomic E-state index is 0.456. The Morgan fingerprint density at radius 1 is 1.36 bits per heavy atom. The summed E-state index contributed by atoms with van der Waals surface area (Å²) in [5, 5.41) is 3.39. The molecule has 3 heteroatoms. The van der Waals surface area contributed by atoms with Gasteiger partial charge in [0.05, 0.1) is 0 Å². The SMILES string of the molecule is O=C1CCCN(CC2CCNC2)CC1. The van der Waals surface area contributed by atoms with E-state index in [0.29, 0.717) is 5.78 Å². The van der Waals surface area contributed by atoms with Gasteiger partial charge in [0.1, 0.15) is 5.78 Å². The molecule has 3 nitrogen and oxygen atoms in total. The van der Waals surface area contributed by atoms with E-state index in [2.05, 4.69) is 10.2 Å². The Bertz CT molecular complexity index is 199. The van der Waals surface area contributed by atoms with Crippen LogP contribution in [-0.2, 0) is 4.79 Å². The summed E-state index contributed by atoms with van der Waals surface area (Å²) in [6, 6.07) is 0. The molecule has 80 valence electrons. The topological polar surface area (TPSA) is 32.3 Å². The van der Waals surface area contributed by atoms with Crippen molar-refractivity contribution < 1.29 is 4.79 Å². The molecule has 2 heterocycles. The number of hydrogen-bond acceptors (Lipinski definition) is 3. The Kier molecular flexibility index (Phi) is 3.54. The van der Waals surface area contributed by atoms with E-state index >= 15 is 0 Å². The highest BCUT2D eigenvalue weighted by Crippen LogP contribution is 2.13. The molecule has 0 aromatic carbocycles. The standard InChI is InChI=1S/C11H20N2O/c14-11-2-1-6-13(7-4-11)9-10-3-5-12-8-10/h10,12H,1-9H2. The van der Waals surface area contributed by atoms with Gasteiger partial charge in [-0.15, -0.1) is 0 Å². The molecule has 0 aromatic rings. The van der Waals surface area contributed by atoms with Crippen LogP contribution < -0.4 is 5.32 Å². The van der Waals surface area contributed by atoms with Gasteiger partial charge in [0.2, 0.25) is 0 Å². The van der Waals surface area contributed by atoms with Crippen molar-refractivity contribution in [3.63, 3.8) is 0 Å². The maximum Gasteiger partial charge on any atom is 0.134 e. The number of carbonyl (C=O) groups excluding carboxylic acids is 1. The molecule has 0 radical (unpaired) electrons. The normalized spacial score (nSPS) is 30.6. The molecule has 2 fully saturated rings. The lowest BCUT2D eigenvalue weighted by Gasteiger charge is -2.22. The van der Waals surface area contributed by atoms with Crippen LogP contribution >= 0.6 is 0 Å². The molecule has 14 heavy (non-hydrogen) atoms.